The second-order valence-electron chi connectivity index (χ2n) is 7.00. The molecule has 0 saturated carbocycles. The van der Waals surface area contributed by atoms with Crippen molar-refractivity contribution in [3.05, 3.63) is 52.5 Å². The van der Waals surface area contributed by atoms with Gasteiger partial charge in [-0.15, -0.1) is 0 Å². The minimum atomic E-state index is -0.390. The molecule has 0 bridgehead atoms. The minimum Gasteiger partial charge on any atom is -0.486 e. The van der Waals surface area contributed by atoms with Crippen LogP contribution in [-0.2, 0) is 9.59 Å². The average molecular weight is 445 g/mol. The highest BCUT2D eigenvalue weighted by Crippen LogP contribution is 2.38. The Bertz CT molecular complexity index is 903. The molecule has 2 atom stereocenters. The van der Waals surface area contributed by atoms with Gasteiger partial charge in [0.2, 0.25) is 11.8 Å². The van der Waals surface area contributed by atoms with Crippen molar-refractivity contribution in [1.29, 1.82) is 0 Å². The molecule has 28 heavy (non-hydrogen) atoms. The maximum Gasteiger partial charge on any atom is 0.229 e. The Kier molecular flexibility index (Phi) is 5.26. The fourth-order valence-corrected chi connectivity index (χ4v) is 4.01. The van der Waals surface area contributed by atoms with Crippen molar-refractivity contribution in [2.75, 3.05) is 25.1 Å². The van der Waals surface area contributed by atoms with E-state index >= 15 is 0 Å². The van der Waals surface area contributed by atoms with E-state index in [4.69, 9.17) is 9.47 Å². The summed E-state index contributed by atoms with van der Waals surface area (Å²) in [5.74, 6) is 0.687. The molecular weight excluding hydrogens is 424 g/mol. The monoisotopic (exact) mass is 444 g/mol. The van der Waals surface area contributed by atoms with Crippen LogP contribution in [0.15, 0.2) is 46.9 Å². The highest BCUT2D eigenvalue weighted by atomic mass is 79.9. The molecule has 6 nitrogen and oxygen atoms in total. The zero-order valence-electron chi connectivity index (χ0n) is 15.5. The molecule has 2 aliphatic rings. The van der Waals surface area contributed by atoms with E-state index in [0.29, 0.717) is 41.4 Å². The number of rotatable bonds is 4. The highest BCUT2D eigenvalue weighted by Gasteiger charge is 2.37. The molecule has 1 N–H and O–H groups in total. The average Bonchev–Trinajstić information content (AvgIpc) is 3.10. The Morgan fingerprint density at radius 2 is 1.86 bits per heavy atom. The van der Waals surface area contributed by atoms with Crippen molar-refractivity contribution < 1.29 is 19.1 Å². The summed E-state index contributed by atoms with van der Waals surface area (Å²) in [4.78, 5) is 27.1. The highest BCUT2D eigenvalue weighted by molar-refractivity contribution is 9.10. The summed E-state index contributed by atoms with van der Waals surface area (Å²) in [5, 5.41) is 2.92. The van der Waals surface area contributed by atoms with Crippen molar-refractivity contribution in [1.82, 2.24) is 4.90 Å². The van der Waals surface area contributed by atoms with Gasteiger partial charge in [-0.2, -0.15) is 0 Å². The molecule has 0 aromatic heterocycles. The van der Waals surface area contributed by atoms with Crippen LogP contribution in [0.1, 0.15) is 24.9 Å². The number of ether oxygens (including phenoxy) is 2. The zero-order chi connectivity index (χ0) is 19.7. The maximum atomic E-state index is 12.8. The lowest BCUT2D eigenvalue weighted by atomic mass is 10.1. The number of halogens is 1. The molecule has 0 spiro atoms. The number of benzene rings is 2. The van der Waals surface area contributed by atoms with Gasteiger partial charge in [-0.3, -0.25) is 9.59 Å². The van der Waals surface area contributed by atoms with Gasteiger partial charge in [0.1, 0.15) is 13.2 Å². The van der Waals surface area contributed by atoms with Crippen LogP contribution >= 0.6 is 15.9 Å². The van der Waals surface area contributed by atoms with Crippen LogP contribution < -0.4 is 14.8 Å². The topological polar surface area (TPSA) is 67.9 Å². The van der Waals surface area contributed by atoms with Crippen molar-refractivity contribution in [2.24, 2.45) is 5.92 Å². The lowest BCUT2D eigenvalue weighted by Crippen LogP contribution is -2.30. The van der Waals surface area contributed by atoms with Gasteiger partial charge in [0.25, 0.3) is 0 Å². The Labute approximate surface area is 171 Å². The Hall–Kier alpha value is -2.54. The molecule has 2 heterocycles. The number of amides is 2. The number of likely N-dealkylation sites (tertiary alicyclic amines) is 1. The fraction of sp³-hybridized carbons (Fsp3) is 0.333. The number of nitrogens with one attached hydrogen (secondary N) is 1. The first-order chi connectivity index (χ1) is 13.5. The largest absolute Gasteiger partial charge is 0.486 e. The molecule has 2 aromatic rings. The summed E-state index contributed by atoms with van der Waals surface area (Å²) in [7, 11) is 0. The molecule has 4 rings (SSSR count). The number of fused-ring (bicyclic) bond motifs is 1. The van der Waals surface area contributed by atoms with Gasteiger partial charge in [-0.1, -0.05) is 30.3 Å². The van der Waals surface area contributed by atoms with Crippen LogP contribution in [0.4, 0.5) is 5.69 Å². The first kappa shape index (κ1) is 18.8. The molecule has 7 heteroatoms. The lowest BCUT2D eigenvalue weighted by molar-refractivity contribution is -0.129. The standard InChI is InChI=1S/C21H21BrN2O4/c1-13(14-5-3-2-4-6-14)24-12-15(9-20(24)25)21(26)23-17-11-19-18(10-16(17)22)27-7-8-28-19/h2-6,10-11,13,15H,7-9,12H2,1H3,(H,23,26)/t13-,15-/m1/s1. The third kappa shape index (κ3) is 3.71. The predicted molar refractivity (Wildman–Crippen MR) is 108 cm³/mol. The minimum absolute atomic E-state index is 0.00209. The van der Waals surface area contributed by atoms with Crippen LogP contribution in [0.2, 0.25) is 0 Å². The normalized spacial score (nSPS) is 19.4. The van der Waals surface area contributed by atoms with Gasteiger partial charge < -0.3 is 19.7 Å². The summed E-state index contributed by atoms with van der Waals surface area (Å²) in [6.07, 6.45) is 0.213. The summed E-state index contributed by atoms with van der Waals surface area (Å²) in [6.45, 7) is 3.38. The van der Waals surface area contributed by atoms with Crippen LogP contribution in [0.3, 0.4) is 0 Å². The van der Waals surface area contributed by atoms with E-state index in [-0.39, 0.29) is 24.3 Å². The molecule has 0 radical (unpaired) electrons. The number of anilines is 1. The number of carbonyl (C=O) groups excluding carboxylic acids is 2. The van der Waals surface area contributed by atoms with Gasteiger partial charge in [-0.25, -0.2) is 0 Å². The predicted octanol–water partition coefficient (Wildman–Crippen LogP) is 3.77. The summed E-state index contributed by atoms with van der Waals surface area (Å²) in [6, 6.07) is 13.3. The van der Waals surface area contributed by atoms with E-state index in [2.05, 4.69) is 21.2 Å². The maximum absolute atomic E-state index is 12.8. The first-order valence-electron chi connectivity index (χ1n) is 9.27. The molecule has 2 amide bonds. The lowest BCUT2D eigenvalue weighted by Gasteiger charge is -2.25. The molecule has 0 aliphatic carbocycles. The Morgan fingerprint density at radius 1 is 1.18 bits per heavy atom. The van der Waals surface area contributed by atoms with Gasteiger partial charge >= 0.3 is 0 Å². The molecule has 0 unspecified atom stereocenters. The molecule has 1 fully saturated rings. The summed E-state index contributed by atoms with van der Waals surface area (Å²) >= 11 is 3.46. The van der Waals surface area contributed by atoms with E-state index in [0.717, 1.165) is 5.56 Å². The smallest absolute Gasteiger partial charge is 0.229 e. The van der Waals surface area contributed by atoms with E-state index in [9.17, 15) is 9.59 Å². The molecule has 2 aromatic carbocycles. The van der Waals surface area contributed by atoms with Gasteiger partial charge in [-0.05, 0) is 28.4 Å². The molecule has 1 saturated heterocycles. The van der Waals surface area contributed by atoms with E-state index in [1.807, 2.05) is 37.3 Å². The van der Waals surface area contributed by atoms with E-state index < -0.39 is 5.92 Å². The summed E-state index contributed by atoms with van der Waals surface area (Å²) < 4.78 is 11.8. The molecular formula is C21H21BrN2O4. The number of nitrogens with zero attached hydrogens (tertiary/aromatic N) is 1. The van der Waals surface area contributed by atoms with Gasteiger partial charge in [0.15, 0.2) is 11.5 Å². The number of hydrogen-bond donors (Lipinski definition) is 1. The van der Waals surface area contributed by atoms with Crippen molar-refractivity contribution in [3.8, 4) is 11.5 Å². The quantitative estimate of drug-likeness (QED) is 0.778. The Morgan fingerprint density at radius 3 is 2.57 bits per heavy atom. The fourth-order valence-electron chi connectivity index (χ4n) is 3.59. The second kappa shape index (κ2) is 7.83. The van der Waals surface area contributed by atoms with Crippen LogP contribution in [0.5, 0.6) is 11.5 Å². The number of hydrogen-bond acceptors (Lipinski definition) is 4. The first-order valence-corrected chi connectivity index (χ1v) is 10.1. The number of carbonyl (C=O) groups is 2. The Balaban J connectivity index is 1.45. The SMILES string of the molecule is C[C@H](c1ccccc1)N1C[C@H](C(=O)Nc2cc3c(cc2Br)OCCO3)CC1=O. The van der Waals surface area contributed by atoms with Gasteiger partial charge in [0.05, 0.1) is 17.6 Å². The third-order valence-electron chi connectivity index (χ3n) is 5.17. The van der Waals surface area contributed by atoms with Crippen molar-refractivity contribution in [2.45, 2.75) is 19.4 Å². The molecule has 146 valence electrons. The zero-order valence-corrected chi connectivity index (χ0v) is 17.1. The third-order valence-corrected chi connectivity index (χ3v) is 5.82. The van der Waals surface area contributed by atoms with Crippen LogP contribution in [0, 0.1) is 5.92 Å². The second-order valence-corrected chi connectivity index (χ2v) is 7.85. The van der Waals surface area contributed by atoms with Crippen molar-refractivity contribution >= 4 is 33.4 Å². The van der Waals surface area contributed by atoms with Crippen molar-refractivity contribution in [3.63, 3.8) is 0 Å². The van der Waals surface area contributed by atoms with E-state index in [1.165, 1.54) is 0 Å². The van der Waals surface area contributed by atoms with Gasteiger partial charge in [0, 0.05) is 29.6 Å². The van der Waals surface area contributed by atoms with E-state index in [1.54, 1.807) is 17.0 Å². The summed E-state index contributed by atoms with van der Waals surface area (Å²) in [5.41, 5.74) is 1.67. The van der Waals surface area contributed by atoms with Crippen LogP contribution in [-0.4, -0.2) is 36.5 Å². The van der Waals surface area contributed by atoms with Crippen LogP contribution in [0.25, 0.3) is 0 Å². The molecule has 2 aliphatic heterocycles.